The van der Waals surface area contributed by atoms with Crippen LogP contribution in [0.5, 0.6) is 5.88 Å². The van der Waals surface area contributed by atoms with Crippen molar-refractivity contribution in [2.24, 2.45) is 16.6 Å². The van der Waals surface area contributed by atoms with E-state index in [9.17, 15) is 0 Å². The molecule has 0 spiro atoms. The maximum atomic E-state index is 5.94. The summed E-state index contributed by atoms with van der Waals surface area (Å²) in [5.41, 5.74) is 5.75. The number of aromatic nitrogens is 1. The minimum atomic E-state index is 0. The number of aliphatic imine (C=N–C) groups is 1. The van der Waals surface area contributed by atoms with Gasteiger partial charge in [-0.3, -0.25) is 4.99 Å². The number of nitrogens with two attached hydrogens (primary N) is 1. The van der Waals surface area contributed by atoms with Crippen LogP contribution in [-0.2, 0) is 0 Å². The third kappa shape index (κ3) is 6.44. The van der Waals surface area contributed by atoms with Gasteiger partial charge in [0.2, 0.25) is 5.88 Å². The van der Waals surface area contributed by atoms with Gasteiger partial charge in [-0.25, -0.2) is 4.98 Å². The van der Waals surface area contributed by atoms with Gasteiger partial charge in [-0.15, -0.1) is 24.0 Å². The maximum absolute atomic E-state index is 5.94. The van der Waals surface area contributed by atoms with Crippen molar-refractivity contribution in [3.63, 3.8) is 0 Å². The molecule has 118 valence electrons. The largest absolute Gasteiger partial charge is 0.475 e. The minimum Gasteiger partial charge on any atom is -0.475 e. The van der Waals surface area contributed by atoms with Crippen molar-refractivity contribution in [1.82, 2.24) is 10.3 Å². The van der Waals surface area contributed by atoms with E-state index in [-0.39, 0.29) is 24.0 Å². The number of hydrogen-bond acceptors (Lipinski definition) is 3. The van der Waals surface area contributed by atoms with Gasteiger partial charge in [0.15, 0.2) is 5.96 Å². The van der Waals surface area contributed by atoms with Gasteiger partial charge in [-0.05, 0) is 24.8 Å². The van der Waals surface area contributed by atoms with E-state index in [1.165, 1.54) is 25.5 Å². The van der Waals surface area contributed by atoms with Gasteiger partial charge in [0.1, 0.15) is 11.6 Å². The third-order valence-corrected chi connectivity index (χ3v) is 3.64. The molecule has 1 fully saturated rings. The summed E-state index contributed by atoms with van der Waals surface area (Å²) in [5.74, 6) is 1.53. The van der Waals surface area contributed by atoms with E-state index < -0.39 is 0 Å². The van der Waals surface area contributed by atoms with E-state index in [1.54, 1.807) is 6.07 Å². The first-order chi connectivity index (χ1) is 9.65. The molecule has 3 N–H and O–H groups in total. The predicted octanol–water partition coefficient (Wildman–Crippen LogP) is 3.09. The first-order valence-corrected chi connectivity index (χ1v) is 7.38. The Balaban J connectivity index is 0.00000220. The first-order valence-electron chi connectivity index (χ1n) is 6.63. The van der Waals surface area contributed by atoms with Gasteiger partial charge in [0.05, 0.1) is 11.6 Å². The Labute approximate surface area is 151 Å². The molecule has 1 aromatic heterocycles. The van der Waals surface area contributed by atoms with E-state index in [1.807, 2.05) is 0 Å². The lowest BCUT2D eigenvalue weighted by Gasteiger charge is -2.23. The van der Waals surface area contributed by atoms with E-state index in [2.05, 4.69) is 15.3 Å². The zero-order valence-electron chi connectivity index (χ0n) is 11.5. The van der Waals surface area contributed by atoms with Crippen molar-refractivity contribution in [2.45, 2.75) is 19.3 Å². The fourth-order valence-electron chi connectivity index (χ4n) is 1.79. The summed E-state index contributed by atoms with van der Waals surface area (Å²) in [7, 11) is 0. The van der Waals surface area contributed by atoms with E-state index in [4.69, 9.17) is 33.7 Å². The molecular formula is C13H19Cl2IN4O. The fourth-order valence-corrected chi connectivity index (χ4v) is 2.23. The monoisotopic (exact) mass is 444 g/mol. The molecule has 1 saturated carbocycles. The lowest BCUT2D eigenvalue weighted by molar-refractivity contribution is 0.309. The van der Waals surface area contributed by atoms with Crippen LogP contribution in [0.1, 0.15) is 19.3 Å². The van der Waals surface area contributed by atoms with Crippen molar-refractivity contribution < 1.29 is 4.74 Å². The second-order valence-corrected chi connectivity index (χ2v) is 5.58. The van der Waals surface area contributed by atoms with Crippen molar-refractivity contribution in [3.8, 4) is 5.88 Å². The summed E-state index contributed by atoms with van der Waals surface area (Å²) in [4.78, 5) is 8.29. The summed E-state index contributed by atoms with van der Waals surface area (Å²) in [6.45, 7) is 1.75. The molecular weight excluding hydrogens is 426 g/mol. The van der Waals surface area contributed by atoms with Crippen LogP contribution in [0, 0.1) is 5.92 Å². The Hall–Kier alpha value is -0.470. The Morgan fingerprint density at radius 2 is 2.24 bits per heavy atom. The number of nitrogens with one attached hydrogen (secondary N) is 1. The van der Waals surface area contributed by atoms with Gasteiger partial charge >= 0.3 is 0 Å². The number of guanidine groups is 1. The van der Waals surface area contributed by atoms with Gasteiger partial charge in [-0.2, -0.15) is 0 Å². The van der Waals surface area contributed by atoms with Crippen LogP contribution in [0.4, 0.5) is 0 Å². The molecule has 1 aliphatic carbocycles. The second-order valence-electron chi connectivity index (χ2n) is 4.74. The summed E-state index contributed by atoms with van der Waals surface area (Å²) >= 11 is 11.7. The number of ether oxygens (including phenoxy) is 1. The number of halogens is 3. The molecule has 1 aliphatic rings. The molecule has 0 bridgehead atoms. The van der Waals surface area contributed by atoms with Crippen molar-refractivity contribution in [1.29, 1.82) is 0 Å². The summed E-state index contributed by atoms with van der Waals surface area (Å²) in [5, 5.41) is 3.87. The number of rotatable bonds is 6. The second kappa shape index (κ2) is 9.53. The molecule has 2 rings (SSSR count). The number of pyridine rings is 1. The SMILES string of the molecule is I.NC(=NCC1CCC1)NCCOc1ncc(Cl)cc1Cl. The van der Waals surface area contributed by atoms with Gasteiger partial charge in [0.25, 0.3) is 0 Å². The molecule has 21 heavy (non-hydrogen) atoms. The normalized spacial score (nSPS) is 15.0. The van der Waals surface area contributed by atoms with E-state index >= 15 is 0 Å². The Morgan fingerprint density at radius 3 is 2.86 bits per heavy atom. The summed E-state index contributed by atoms with van der Waals surface area (Å²) in [6.07, 6.45) is 5.34. The van der Waals surface area contributed by atoms with Gasteiger partial charge < -0.3 is 15.8 Å². The lowest BCUT2D eigenvalue weighted by atomic mass is 9.86. The smallest absolute Gasteiger partial charge is 0.232 e. The van der Waals surface area contributed by atoms with Crippen LogP contribution in [0.15, 0.2) is 17.3 Å². The van der Waals surface area contributed by atoms with Crippen LogP contribution in [0.3, 0.4) is 0 Å². The van der Waals surface area contributed by atoms with Crippen LogP contribution in [-0.4, -0.2) is 30.6 Å². The molecule has 0 atom stereocenters. The molecule has 1 heterocycles. The Kier molecular flexibility index (Phi) is 8.43. The van der Waals surface area contributed by atoms with Crippen LogP contribution in [0.2, 0.25) is 10.0 Å². The quantitative estimate of drug-likeness (QED) is 0.306. The highest BCUT2D eigenvalue weighted by Gasteiger charge is 2.16. The molecule has 0 amide bonds. The molecule has 1 aromatic rings. The summed E-state index contributed by atoms with van der Waals surface area (Å²) < 4.78 is 5.43. The molecule has 8 heteroatoms. The minimum absolute atomic E-state index is 0. The highest BCUT2D eigenvalue weighted by atomic mass is 127. The Bertz CT molecular complexity index is 483. The first kappa shape index (κ1) is 18.6. The lowest BCUT2D eigenvalue weighted by Crippen LogP contribution is -2.35. The van der Waals surface area contributed by atoms with Gasteiger partial charge in [0, 0.05) is 12.7 Å². The van der Waals surface area contributed by atoms with E-state index in [0.717, 1.165) is 6.54 Å². The zero-order chi connectivity index (χ0) is 14.4. The van der Waals surface area contributed by atoms with E-state index in [0.29, 0.717) is 41.0 Å². The maximum Gasteiger partial charge on any atom is 0.232 e. The molecule has 0 aromatic carbocycles. The number of nitrogens with zero attached hydrogens (tertiary/aromatic N) is 2. The average Bonchev–Trinajstić information content (AvgIpc) is 2.35. The topological polar surface area (TPSA) is 72.5 Å². The Morgan fingerprint density at radius 1 is 1.48 bits per heavy atom. The average molecular weight is 445 g/mol. The fraction of sp³-hybridized carbons (Fsp3) is 0.538. The molecule has 0 saturated heterocycles. The van der Waals surface area contributed by atoms with Gasteiger partial charge in [-0.1, -0.05) is 29.6 Å². The molecule has 5 nitrogen and oxygen atoms in total. The van der Waals surface area contributed by atoms with Crippen LogP contribution >= 0.6 is 47.2 Å². The van der Waals surface area contributed by atoms with Crippen molar-refractivity contribution in [3.05, 3.63) is 22.3 Å². The standard InChI is InChI=1S/C13H18Cl2N4O.HI/c14-10-6-11(15)12(18-8-10)20-5-4-17-13(16)19-7-9-2-1-3-9;/h6,8-9H,1-5,7H2,(H3,16,17,19);1H. The van der Waals surface area contributed by atoms with Crippen molar-refractivity contribution >= 4 is 53.1 Å². The summed E-state index contributed by atoms with van der Waals surface area (Å²) in [6, 6.07) is 1.59. The van der Waals surface area contributed by atoms with Crippen molar-refractivity contribution in [2.75, 3.05) is 19.7 Å². The zero-order valence-corrected chi connectivity index (χ0v) is 15.4. The van der Waals surface area contributed by atoms with Crippen LogP contribution < -0.4 is 15.8 Å². The molecule has 0 aliphatic heterocycles. The third-order valence-electron chi connectivity index (χ3n) is 3.17. The van der Waals surface area contributed by atoms with Crippen LogP contribution in [0.25, 0.3) is 0 Å². The molecule has 0 radical (unpaired) electrons. The highest BCUT2D eigenvalue weighted by Crippen LogP contribution is 2.26. The highest BCUT2D eigenvalue weighted by molar-refractivity contribution is 14.0. The number of hydrogen-bond donors (Lipinski definition) is 2. The predicted molar refractivity (Wildman–Crippen MR) is 97.0 cm³/mol. The molecule has 0 unspecified atom stereocenters.